The van der Waals surface area contributed by atoms with Crippen LogP contribution in [0, 0.1) is 0 Å². The van der Waals surface area contributed by atoms with Crippen molar-refractivity contribution >= 4 is 28.4 Å². The SMILES string of the molecule is CCN(CC)c1cc(-c2cc(NC[C@@H](C)c3cccc4c(C(=O)NC)ccnc34)ncn2)ccn1. The average Bonchev–Trinajstić information content (AvgIpc) is 2.91. The molecule has 0 aliphatic carbocycles. The summed E-state index contributed by atoms with van der Waals surface area (Å²) in [7, 11) is 1.64. The molecule has 180 valence electrons. The number of anilines is 2. The predicted octanol–water partition coefficient (Wildman–Crippen LogP) is 4.51. The second-order valence-electron chi connectivity index (χ2n) is 8.33. The van der Waals surface area contributed by atoms with Crippen molar-refractivity contribution in [3.63, 3.8) is 0 Å². The van der Waals surface area contributed by atoms with Gasteiger partial charge >= 0.3 is 0 Å². The second-order valence-corrected chi connectivity index (χ2v) is 8.33. The maximum Gasteiger partial charge on any atom is 0.251 e. The Bertz CT molecular complexity index is 1320. The molecule has 1 amide bonds. The summed E-state index contributed by atoms with van der Waals surface area (Å²) in [6.45, 7) is 8.83. The summed E-state index contributed by atoms with van der Waals surface area (Å²) >= 11 is 0. The van der Waals surface area contributed by atoms with Crippen molar-refractivity contribution in [3.05, 3.63) is 72.3 Å². The molecule has 0 bridgehead atoms. The zero-order chi connectivity index (χ0) is 24.8. The van der Waals surface area contributed by atoms with Crippen LogP contribution >= 0.6 is 0 Å². The van der Waals surface area contributed by atoms with Gasteiger partial charge in [0.15, 0.2) is 0 Å². The molecule has 0 saturated carbocycles. The lowest BCUT2D eigenvalue weighted by molar-refractivity contribution is 0.0964. The minimum absolute atomic E-state index is 0.117. The van der Waals surface area contributed by atoms with Crippen LogP contribution in [0.5, 0.6) is 0 Å². The Balaban J connectivity index is 1.54. The third kappa shape index (κ3) is 5.21. The van der Waals surface area contributed by atoms with Crippen LogP contribution in [0.15, 0.2) is 61.2 Å². The molecule has 3 heterocycles. The highest BCUT2D eigenvalue weighted by atomic mass is 16.1. The Kier molecular flexibility index (Phi) is 7.50. The molecule has 2 N–H and O–H groups in total. The molecule has 0 unspecified atom stereocenters. The Morgan fingerprint density at radius 2 is 1.80 bits per heavy atom. The minimum atomic E-state index is -0.117. The molecule has 0 aliphatic heterocycles. The van der Waals surface area contributed by atoms with Crippen LogP contribution in [0.4, 0.5) is 11.6 Å². The molecule has 8 heteroatoms. The maximum absolute atomic E-state index is 12.3. The number of fused-ring (bicyclic) bond motifs is 1. The smallest absolute Gasteiger partial charge is 0.251 e. The van der Waals surface area contributed by atoms with Crippen LogP contribution in [-0.4, -0.2) is 52.5 Å². The van der Waals surface area contributed by atoms with E-state index in [9.17, 15) is 4.79 Å². The number of hydrogen-bond acceptors (Lipinski definition) is 7. The van der Waals surface area contributed by atoms with Gasteiger partial charge in [-0.15, -0.1) is 0 Å². The fraction of sp³-hybridized carbons (Fsp3) is 0.296. The molecule has 0 spiro atoms. The summed E-state index contributed by atoms with van der Waals surface area (Å²) in [5, 5.41) is 6.99. The third-order valence-corrected chi connectivity index (χ3v) is 6.19. The van der Waals surface area contributed by atoms with E-state index in [4.69, 9.17) is 0 Å². The topological polar surface area (TPSA) is 95.9 Å². The van der Waals surface area contributed by atoms with Crippen molar-refractivity contribution in [1.82, 2.24) is 25.3 Å². The Labute approximate surface area is 205 Å². The highest BCUT2D eigenvalue weighted by Gasteiger charge is 2.15. The monoisotopic (exact) mass is 469 g/mol. The van der Waals surface area contributed by atoms with E-state index in [-0.39, 0.29) is 11.8 Å². The number of nitrogens with zero attached hydrogens (tertiary/aromatic N) is 5. The van der Waals surface area contributed by atoms with E-state index in [1.54, 1.807) is 25.6 Å². The number of carbonyl (C=O) groups is 1. The first-order valence-corrected chi connectivity index (χ1v) is 11.9. The highest BCUT2D eigenvalue weighted by Crippen LogP contribution is 2.27. The van der Waals surface area contributed by atoms with Gasteiger partial charge in [0.1, 0.15) is 18.0 Å². The van der Waals surface area contributed by atoms with Crippen LogP contribution in [-0.2, 0) is 0 Å². The van der Waals surface area contributed by atoms with Gasteiger partial charge in [-0.2, -0.15) is 0 Å². The quantitative estimate of drug-likeness (QED) is 0.372. The van der Waals surface area contributed by atoms with E-state index in [0.29, 0.717) is 12.1 Å². The van der Waals surface area contributed by atoms with Gasteiger partial charge in [0.05, 0.1) is 16.8 Å². The van der Waals surface area contributed by atoms with E-state index < -0.39 is 0 Å². The van der Waals surface area contributed by atoms with E-state index in [0.717, 1.165) is 52.4 Å². The summed E-state index contributed by atoms with van der Waals surface area (Å²) in [6, 6.07) is 13.7. The molecular weight excluding hydrogens is 438 g/mol. The van der Waals surface area contributed by atoms with Crippen molar-refractivity contribution in [1.29, 1.82) is 0 Å². The summed E-state index contributed by atoms with van der Waals surface area (Å²) in [4.78, 5) is 32.5. The number of amides is 1. The third-order valence-electron chi connectivity index (χ3n) is 6.19. The lowest BCUT2D eigenvalue weighted by atomic mass is 9.96. The maximum atomic E-state index is 12.3. The largest absolute Gasteiger partial charge is 0.369 e. The van der Waals surface area contributed by atoms with Crippen LogP contribution < -0.4 is 15.5 Å². The van der Waals surface area contributed by atoms with Gasteiger partial charge in [-0.25, -0.2) is 15.0 Å². The Morgan fingerprint density at radius 1 is 1.00 bits per heavy atom. The number of para-hydroxylation sites is 1. The molecule has 3 aromatic heterocycles. The van der Waals surface area contributed by atoms with E-state index in [1.807, 2.05) is 30.5 Å². The van der Waals surface area contributed by atoms with Crippen molar-refractivity contribution in [2.24, 2.45) is 0 Å². The second kappa shape index (κ2) is 10.9. The van der Waals surface area contributed by atoms with Crippen LogP contribution in [0.1, 0.15) is 42.6 Å². The van der Waals surface area contributed by atoms with Crippen LogP contribution in [0.3, 0.4) is 0 Å². The molecule has 1 aromatic carbocycles. The first kappa shape index (κ1) is 24.1. The van der Waals surface area contributed by atoms with E-state index in [2.05, 4.69) is 68.4 Å². The van der Waals surface area contributed by atoms with Gasteiger partial charge in [-0.3, -0.25) is 9.78 Å². The van der Waals surface area contributed by atoms with Crippen molar-refractivity contribution in [2.75, 3.05) is 36.9 Å². The van der Waals surface area contributed by atoms with E-state index in [1.165, 1.54) is 0 Å². The zero-order valence-electron chi connectivity index (χ0n) is 20.6. The summed E-state index contributed by atoms with van der Waals surface area (Å²) in [5.74, 6) is 1.71. The number of hydrogen-bond donors (Lipinski definition) is 2. The van der Waals surface area contributed by atoms with Crippen molar-refractivity contribution < 1.29 is 4.79 Å². The van der Waals surface area contributed by atoms with Crippen LogP contribution in [0.25, 0.3) is 22.2 Å². The number of benzene rings is 1. The number of carbonyl (C=O) groups excluding carboxylic acids is 1. The zero-order valence-corrected chi connectivity index (χ0v) is 20.6. The van der Waals surface area contributed by atoms with Gasteiger partial charge in [-0.05, 0) is 37.6 Å². The highest BCUT2D eigenvalue weighted by molar-refractivity contribution is 6.06. The average molecular weight is 470 g/mol. The lowest BCUT2D eigenvalue weighted by Gasteiger charge is -2.20. The van der Waals surface area contributed by atoms with Gasteiger partial charge in [-0.1, -0.05) is 25.1 Å². The first-order chi connectivity index (χ1) is 17.0. The van der Waals surface area contributed by atoms with Crippen molar-refractivity contribution in [2.45, 2.75) is 26.7 Å². The minimum Gasteiger partial charge on any atom is -0.369 e. The molecule has 0 aliphatic rings. The Hall–Kier alpha value is -4.07. The summed E-state index contributed by atoms with van der Waals surface area (Å²) in [6.07, 6.45) is 5.09. The van der Waals surface area contributed by atoms with Crippen LogP contribution in [0.2, 0.25) is 0 Å². The number of aromatic nitrogens is 4. The number of rotatable bonds is 9. The molecule has 4 rings (SSSR count). The molecule has 1 atom stereocenters. The summed E-state index contributed by atoms with van der Waals surface area (Å²) in [5.41, 5.74) is 4.38. The van der Waals surface area contributed by atoms with E-state index >= 15 is 0 Å². The fourth-order valence-corrected chi connectivity index (χ4v) is 4.21. The standard InChI is InChI=1S/C27H31N7O/c1-5-34(6-2)25-14-19(10-12-29-25)23-15-24(33-17-32-23)31-16-18(3)20-8-7-9-21-22(27(35)28-4)11-13-30-26(20)21/h7-15,17-18H,5-6,16H2,1-4H3,(H,28,35)(H,31,32,33)/t18-/m1/s1. The molecule has 0 saturated heterocycles. The Morgan fingerprint density at radius 3 is 2.57 bits per heavy atom. The van der Waals surface area contributed by atoms with Crippen molar-refractivity contribution in [3.8, 4) is 11.3 Å². The van der Waals surface area contributed by atoms with Gasteiger partial charge in [0.25, 0.3) is 5.91 Å². The van der Waals surface area contributed by atoms with Gasteiger partial charge in [0, 0.05) is 62.0 Å². The first-order valence-electron chi connectivity index (χ1n) is 11.9. The fourth-order valence-electron chi connectivity index (χ4n) is 4.21. The molecular formula is C27H31N7O. The van der Waals surface area contributed by atoms with Gasteiger partial charge < -0.3 is 15.5 Å². The number of nitrogens with one attached hydrogen (secondary N) is 2. The predicted molar refractivity (Wildman–Crippen MR) is 141 cm³/mol. The lowest BCUT2D eigenvalue weighted by Crippen LogP contribution is -2.22. The molecule has 0 fully saturated rings. The van der Waals surface area contributed by atoms with Gasteiger partial charge in [0.2, 0.25) is 0 Å². The normalized spacial score (nSPS) is 11.8. The molecule has 8 nitrogen and oxygen atoms in total. The molecule has 4 aromatic rings. The number of pyridine rings is 2. The summed E-state index contributed by atoms with van der Waals surface area (Å²) < 4.78 is 0. The molecule has 0 radical (unpaired) electrons. The molecule has 35 heavy (non-hydrogen) atoms.